The maximum atomic E-state index is 12.0. The van der Waals surface area contributed by atoms with E-state index in [9.17, 15) is 4.79 Å². The first-order chi connectivity index (χ1) is 10.4. The zero-order chi connectivity index (χ0) is 15.6. The van der Waals surface area contributed by atoms with E-state index >= 15 is 0 Å². The number of hydrogen-bond acceptors (Lipinski definition) is 3. The predicted octanol–water partition coefficient (Wildman–Crippen LogP) is 2.63. The monoisotopic (exact) mass is 298 g/mol. The molecule has 2 aromatic heterocycles. The molecule has 4 rings (SSSR count). The summed E-state index contributed by atoms with van der Waals surface area (Å²) in [5.74, 6) is 0.175. The summed E-state index contributed by atoms with van der Waals surface area (Å²) < 4.78 is 2.01. The van der Waals surface area contributed by atoms with Crippen molar-refractivity contribution in [2.45, 2.75) is 64.5 Å². The first kappa shape index (κ1) is 13.7. The van der Waals surface area contributed by atoms with Crippen LogP contribution in [0, 0.1) is 0 Å². The van der Waals surface area contributed by atoms with Gasteiger partial charge in [0.2, 0.25) is 5.91 Å². The third-order valence-electron chi connectivity index (χ3n) is 5.04. The molecule has 2 atom stereocenters. The quantitative estimate of drug-likeness (QED) is 0.751. The Kier molecular flexibility index (Phi) is 2.69. The van der Waals surface area contributed by atoms with Gasteiger partial charge in [0.25, 0.3) is 0 Å². The van der Waals surface area contributed by atoms with Crippen LogP contribution in [0.5, 0.6) is 0 Å². The molecule has 116 valence electrons. The van der Waals surface area contributed by atoms with E-state index in [4.69, 9.17) is 5.10 Å². The van der Waals surface area contributed by atoms with Gasteiger partial charge >= 0.3 is 0 Å². The number of aromatic nitrogens is 3. The van der Waals surface area contributed by atoms with Gasteiger partial charge in [-0.3, -0.25) is 4.79 Å². The Hall–Kier alpha value is -1.91. The molecule has 5 heteroatoms. The van der Waals surface area contributed by atoms with E-state index in [0.29, 0.717) is 6.04 Å². The fraction of sp³-hybridized carbons (Fsp3) is 0.588. The van der Waals surface area contributed by atoms with Gasteiger partial charge in [0.05, 0.1) is 17.4 Å². The molecule has 0 radical (unpaired) electrons. The molecule has 0 aliphatic carbocycles. The summed E-state index contributed by atoms with van der Waals surface area (Å²) in [4.78, 5) is 18.6. The minimum Gasteiger partial charge on any atom is -0.332 e. The van der Waals surface area contributed by atoms with E-state index in [1.807, 2.05) is 15.6 Å². The van der Waals surface area contributed by atoms with Gasteiger partial charge in [-0.05, 0) is 12.8 Å². The van der Waals surface area contributed by atoms with Crippen LogP contribution in [0.4, 0.5) is 0 Å². The molecule has 0 N–H and O–H groups in total. The van der Waals surface area contributed by atoms with Crippen molar-refractivity contribution >= 4 is 11.6 Å². The van der Waals surface area contributed by atoms with Crippen molar-refractivity contribution < 1.29 is 4.79 Å². The Balaban J connectivity index is 1.89. The highest BCUT2D eigenvalue weighted by atomic mass is 16.2. The second kappa shape index (κ2) is 4.31. The lowest BCUT2D eigenvalue weighted by atomic mass is 9.93. The van der Waals surface area contributed by atoms with Crippen molar-refractivity contribution in [3.05, 3.63) is 29.2 Å². The lowest BCUT2D eigenvalue weighted by Gasteiger charge is -2.35. The minimum absolute atomic E-state index is 0.0135. The van der Waals surface area contributed by atoms with Gasteiger partial charge in [-0.1, -0.05) is 20.8 Å². The number of rotatable bonds is 0. The van der Waals surface area contributed by atoms with Gasteiger partial charge < -0.3 is 4.90 Å². The van der Waals surface area contributed by atoms with Crippen molar-refractivity contribution in [2.24, 2.45) is 0 Å². The SMILES string of the molecule is CC(=O)N1[C@H]2CC[C@H]1c1cnc3cc(C(C)(C)C)nn3c1C2. The molecule has 4 heterocycles. The fourth-order valence-electron chi connectivity index (χ4n) is 3.93. The molecular weight excluding hydrogens is 276 g/mol. The van der Waals surface area contributed by atoms with Crippen molar-refractivity contribution in [2.75, 3.05) is 0 Å². The van der Waals surface area contributed by atoms with Crippen LogP contribution in [-0.4, -0.2) is 31.4 Å². The first-order valence-electron chi connectivity index (χ1n) is 8.03. The van der Waals surface area contributed by atoms with Gasteiger partial charge in [-0.2, -0.15) is 5.10 Å². The van der Waals surface area contributed by atoms with E-state index in [1.165, 1.54) is 11.3 Å². The summed E-state index contributed by atoms with van der Waals surface area (Å²) in [6, 6.07) is 2.59. The average Bonchev–Trinajstić information content (AvgIpc) is 2.99. The molecule has 2 aliphatic rings. The molecule has 2 bridgehead atoms. The van der Waals surface area contributed by atoms with Crippen LogP contribution in [0.3, 0.4) is 0 Å². The molecule has 1 saturated heterocycles. The van der Waals surface area contributed by atoms with Crippen LogP contribution in [0.2, 0.25) is 0 Å². The molecule has 0 aromatic carbocycles. The van der Waals surface area contributed by atoms with Crippen molar-refractivity contribution in [3.8, 4) is 0 Å². The second-order valence-corrected chi connectivity index (χ2v) is 7.59. The Bertz CT molecular complexity index is 771. The third-order valence-corrected chi connectivity index (χ3v) is 5.04. The van der Waals surface area contributed by atoms with Crippen LogP contribution in [0.15, 0.2) is 12.3 Å². The van der Waals surface area contributed by atoms with Crippen LogP contribution >= 0.6 is 0 Å². The van der Waals surface area contributed by atoms with E-state index in [0.717, 1.165) is 30.6 Å². The molecular formula is C17H22N4O. The number of amides is 1. The highest BCUT2D eigenvalue weighted by molar-refractivity contribution is 5.75. The Morgan fingerprint density at radius 1 is 1.32 bits per heavy atom. The van der Waals surface area contributed by atoms with Gasteiger partial charge in [-0.25, -0.2) is 9.50 Å². The fourth-order valence-corrected chi connectivity index (χ4v) is 3.93. The lowest BCUT2D eigenvalue weighted by Crippen LogP contribution is -2.41. The van der Waals surface area contributed by atoms with Crippen molar-refractivity contribution in [3.63, 3.8) is 0 Å². The molecule has 5 nitrogen and oxygen atoms in total. The summed E-state index contributed by atoms with van der Waals surface area (Å²) in [7, 11) is 0. The van der Waals surface area contributed by atoms with Crippen LogP contribution in [0.1, 0.15) is 63.5 Å². The van der Waals surface area contributed by atoms with Gasteiger partial charge in [0, 0.05) is 42.6 Å². The normalized spacial score (nSPS) is 23.9. The summed E-state index contributed by atoms with van der Waals surface area (Å²) in [5.41, 5.74) is 4.42. The summed E-state index contributed by atoms with van der Waals surface area (Å²) >= 11 is 0. The standard InChI is InChI=1S/C17H22N4O/c1-10(22)20-11-5-6-13(20)12-9-18-16-8-15(17(2,3)4)19-21(16)14(12)7-11/h8-9,11,13H,5-7H2,1-4H3/t11-,13-/m0/s1. The van der Waals surface area contributed by atoms with Crippen molar-refractivity contribution in [1.29, 1.82) is 0 Å². The lowest BCUT2D eigenvalue weighted by molar-refractivity contribution is -0.132. The highest BCUT2D eigenvalue weighted by Crippen LogP contribution is 2.43. The van der Waals surface area contributed by atoms with Crippen LogP contribution in [0.25, 0.3) is 5.65 Å². The number of carbonyl (C=O) groups is 1. The Morgan fingerprint density at radius 3 is 2.77 bits per heavy atom. The second-order valence-electron chi connectivity index (χ2n) is 7.59. The largest absolute Gasteiger partial charge is 0.332 e. The summed E-state index contributed by atoms with van der Waals surface area (Å²) in [6.07, 6.45) is 4.96. The number of nitrogens with zero attached hydrogens (tertiary/aromatic N) is 4. The topological polar surface area (TPSA) is 50.5 Å². The molecule has 1 amide bonds. The molecule has 0 spiro atoms. The first-order valence-corrected chi connectivity index (χ1v) is 8.03. The number of fused-ring (bicyclic) bond motifs is 6. The Morgan fingerprint density at radius 2 is 2.09 bits per heavy atom. The van der Waals surface area contributed by atoms with Crippen molar-refractivity contribution in [1.82, 2.24) is 19.5 Å². The molecule has 2 aliphatic heterocycles. The minimum atomic E-state index is 0.0135. The average molecular weight is 298 g/mol. The summed E-state index contributed by atoms with van der Waals surface area (Å²) in [6.45, 7) is 8.18. The molecule has 0 unspecified atom stereocenters. The van der Waals surface area contributed by atoms with E-state index in [-0.39, 0.29) is 17.4 Å². The molecule has 0 saturated carbocycles. The Labute approximate surface area is 130 Å². The molecule has 1 fully saturated rings. The molecule has 22 heavy (non-hydrogen) atoms. The number of hydrogen-bond donors (Lipinski definition) is 0. The van der Waals surface area contributed by atoms with E-state index in [2.05, 4.69) is 31.8 Å². The predicted molar refractivity (Wildman–Crippen MR) is 83.7 cm³/mol. The number of carbonyl (C=O) groups excluding carboxylic acids is 1. The highest BCUT2D eigenvalue weighted by Gasteiger charge is 2.42. The van der Waals surface area contributed by atoms with E-state index < -0.39 is 0 Å². The van der Waals surface area contributed by atoms with Gasteiger partial charge in [0.15, 0.2) is 5.65 Å². The molecule has 2 aromatic rings. The smallest absolute Gasteiger partial charge is 0.220 e. The van der Waals surface area contributed by atoms with Gasteiger partial charge in [-0.15, -0.1) is 0 Å². The maximum absolute atomic E-state index is 12.0. The van der Waals surface area contributed by atoms with Crippen LogP contribution in [-0.2, 0) is 16.6 Å². The van der Waals surface area contributed by atoms with E-state index in [1.54, 1.807) is 6.92 Å². The maximum Gasteiger partial charge on any atom is 0.220 e. The summed E-state index contributed by atoms with van der Waals surface area (Å²) in [5, 5.41) is 4.81. The zero-order valence-corrected chi connectivity index (χ0v) is 13.6. The van der Waals surface area contributed by atoms with Gasteiger partial charge in [0.1, 0.15) is 0 Å². The van der Waals surface area contributed by atoms with Crippen LogP contribution < -0.4 is 0 Å². The zero-order valence-electron chi connectivity index (χ0n) is 13.6. The third kappa shape index (κ3) is 1.81.